The van der Waals surface area contributed by atoms with E-state index in [1.807, 2.05) is 30.3 Å². The summed E-state index contributed by atoms with van der Waals surface area (Å²) in [6.07, 6.45) is 3.99. The SMILES string of the molecule is C=CCc1cc(C=Nc2ccccc2I)cc(OC)c1OCC(=O)O. The summed E-state index contributed by atoms with van der Waals surface area (Å²) >= 11 is 2.23. The number of hydrogen-bond donors (Lipinski definition) is 1. The van der Waals surface area contributed by atoms with Crippen molar-refractivity contribution >= 4 is 40.5 Å². The summed E-state index contributed by atoms with van der Waals surface area (Å²) in [6, 6.07) is 11.5. The van der Waals surface area contributed by atoms with Gasteiger partial charge >= 0.3 is 5.97 Å². The molecule has 0 aliphatic rings. The summed E-state index contributed by atoms with van der Waals surface area (Å²) in [4.78, 5) is 15.3. The first-order chi connectivity index (χ1) is 12.0. The molecular formula is C19H18INO4. The van der Waals surface area contributed by atoms with Crippen LogP contribution in [0.5, 0.6) is 11.5 Å². The normalized spacial score (nSPS) is 10.6. The number of aliphatic imine (C=N–C) groups is 1. The number of rotatable bonds is 8. The summed E-state index contributed by atoms with van der Waals surface area (Å²) in [5.41, 5.74) is 2.49. The fourth-order valence-corrected chi connectivity index (χ4v) is 2.74. The fourth-order valence-electron chi connectivity index (χ4n) is 2.22. The largest absolute Gasteiger partial charge is 0.493 e. The predicted molar refractivity (Wildman–Crippen MR) is 106 cm³/mol. The second-order valence-electron chi connectivity index (χ2n) is 5.10. The highest BCUT2D eigenvalue weighted by Crippen LogP contribution is 2.33. The first-order valence-corrected chi connectivity index (χ1v) is 8.58. The molecule has 2 rings (SSSR count). The lowest BCUT2D eigenvalue weighted by Gasteiger charge is -2.14. The van der Waals surface area contributed by atoms with Gasteiger partial charge in [0, 0.05) is 15.3 Å². The Bertz CT molecular complexity index is 802. The zero-order valence-corrected chi connectivity index (χ0v) is 15.9. The van der Waals surface area contributed by atoms with Gasteiger partial charge in [0.05, 0.1) is 12.8 Å². The Hall–Kier alpha value is -2.35. The molecule has 0 unspecified atom stereocenters. The number of halogens is 1. The van der Waals surface area contributed by atoms with Gasteiger partial charge in [-0.25, -0.2) is 4.79 Å². The Morgan fingerprint density at radius 3 is 2.76 bits per heavy atom. The molecule has 1 N–H and O–H groups in total. The van der Waals surface area contributed by atoms with Gasteiger partial charge in [-0.05, 0) is 58.8 Å². The Labute approximate surface area is 160 Å². The number of carbonyl (C=O) groups is 1. The fraction of sp³-hybridized carbons (Fsp3) is 0.158. The molecule has 0 aliphatic heterocycles. The first kappa shape index (κ1) is 19.0. The minimum absolute atomic E-state index is 0.413. The molecule has 0 saturated heterocycles. The van der Waals surface area contributed by atoms with Crippen molar-refractivity contribution in [2.75, 3.05) is 13.7 Å². The van der Waals surface area contributed by atoms with Crippen molar-refractivity contribution in [3.63, 3.8) is 0 Å². The molecule has 130 valence electrons. The van der Waals surface area contributed by atoms with Crippen LogP contribution in [0.15, 0.2) is 54.0 Å². The highest BCUT2D eigenvalue weighted by molar-refractivity contribution is 14.1. The molecule has 6 heteroatoms. The Morgan fingerprint density at radius 2 is 2.12 bits per heavy atom. The molecule has 0 amide bonds. The van der Waals surface area contributed by atoms with Crippen LogP contribution in [0.3, 0.4) is 0 Å². The van der Waals surface area contributed by atoms with Gasteiger partial charge in [0.25, 0.3) is 0 Å². The maximum Gasteiger partial charge on any atom is 0.341 e. The summed E-state index contributed by atoms with van der Waals surface area (Å²) < 4.78 is 11.8. The summed E-state index contributed by atoms with van der Waals surface area (Å²) in [5.74, 6) is -0.169. The van der Waals surface area contributed by atoms with Crippen LogP contribution in [-0.2, 0) is 11.2 Å². The van der Waals surface area contributed by atoms with E-state index in [-0.39, 0.29) is 0 Å². The average molecular weight is 451 g/mol. The van der Waals surface area contributed by atoms with Crippen molar-refractivity contribution in [3.8, 4) is 11.5 Å². The van der Waals surface area contributed by atoms with E-state index < -0.39 is 12.6 Å². The van der Waals surface area contributed by atoms with E-state index in [1.165, 1.54) is 7.11 Å². The number of nitrogens with zero attached hydrogens (tertiary/aromatic N) is 1. The van der Waals surface area contributed by atoms with Gasteiger partial charge in [-0.1, -0.05) is 18.2 Å². The molecular weight excluding hydrogens is 433 g/mol. The van der Waals surface area contributed by atoms with Gasteiger partial charge in [0.1, 0.15) is 0 Å². The highest BCUT2D eigenvalue weighted by Gasteiger charge is 2.13. The number of benzene rings is 2. The van der Waals surface area contributed by atoms with E-state index in [4.69, 9.17) is 14.6 Å². The second kappa shape index (κ2) is 9.22. The minimum Gasteiger partial charge on any atom is -0.493 e. The maximum absolute atomic E-state index is 10.8. The van der Waals surface area contributed by atoms with Gasteiger partial charge in [0.2, 0.25) is 0 Å². The molecule has 0 fully saturated rings. The number of carboxylic acids is 1. The second-order valence-corrected chi connectivity index (χ2v) is 6.26. The van der Waals surface area contributed by atoms with Crippen molar-refractivity contribution < 1.29 is 19.4 Å². The van der Waals surface area contributed by atoms with Crippen LogP contribution in [0.25, 0.3) is 0 Å². The van der Waals surface area contributed by atoms with Crippen LogP contribution in [0.4, 0.5) is 5.69 Å². The quantitative estimate of drug-likeness (QED) is 0.371. The molecule has 0 atom stereocenters. The first-order valence-electron chi connectivity index (χ1n) is 7.50. The van der Waals surface area contributed by atoms with Gasteiger partial charge < -0.3 is 14.6 Å². The van der Waals surface area contributed by atoms with E-state index in [0.717, 1.165) is 20.4 Å². The van der Waals surface area contributed by atoms with E-state index >= 15 is 0 Å². The lowest BCUT2D eigenvalue weighted by Crippen LogP contribution is -2.11. The monoisotopic (exact) mass is 451 g/mol. The molecule has 5 nitrogen and oxygen atoms in total. The van der Waals surface area contributed by atoms with Gasteiger partial charge in [0.15, 0.2) is 18.1 Å². The minimum atomic E-state index is -1.05. The van der Waals surface area contributed by atoms with E-state index in [0.29, 0.717) is 17.9 Å². The van der Waals surface area contributed by atoms with E-state index in [9.17, 15) is 4.79 Å². The molecule has 2 aromatic rings. The third-order valence-corrected chi connectivity index (χ3v) is 4.20. The molecule has 0 aliphatic carbocycles. The van der Waals surface area contributed by atoms with Crippen molar-refractivity contribution in [2.24, 2.45) is 4.99 Å². The van der Waals surface area contributed by atoms with E-state index in [2.05, 4.69) is 34.2 Å². The van der Waals surface area contributed by atoms with Gasteiger partial charge in [-0.3, -0.25) is 4.99 Å². The average Bonchev–Trinajstić information content (AvgIpc) is 2.59. The Balaban J connectivity index is 2.39. The number of allylic oxidation sites excluding steroid dienone is 1. The molecule has 2 aromatic carbocycles. The number of ether oxygens (including phenoxy) is 2. The third kappa shape index (κ3) is 5.32. The lowest BCUT2D eigenvalue weighted by molar-refractivity contribution is -0.139. The predicted octanol–water partition coefficient (Wildman–Crippen LogP) is 4.24. The van der Waals surface area contributed by atoms with Gasteiger partial charge in [-0.2, -0.15) is 0 Å². The number of methoxy groups -OCH3 is 1. The van der Waals surface area contributed by atoms with Crippen molar-refractivity contribution in [1.82, 2.24) is 0 Å². The van der Waals surface area contributed by atoms with E-state index in [1.54, 1.807) is 18.4 Å². The van der Waals surface area contributed by atoms with Crippen molar-refractivity contribution in [1.29, 1.82) is 0 Å². The molecule has 0 bridgehead atoms. The molecule has 25 heavy (non-hydrogen) atoms. The van der Waals surface area contributed by atoms with Crippen LogP contribution in [-0.4, -0.2) is 31.0 Å². The highest BCUT2D eigenvalue weighted by atomic mass is 127. The summed E-state index contributed by atoms with van der Waals surface area (Å²) in [6.45, 7) is 3.30. The molecule has 0 radical (unpaired) electrons. The van der Waals surface area contributed by atoms with Crippen molar-refractivity contribution in [3.05, 3.63) is 63.8 Å². The zero-order valence-electron chi connectivity index (χ0n) is 13.7. The molecule has 0 heterocycles. The molecule has 0 aromatic heterocycles. The lowest BCUT2D eigenvalue weighted by atomic mass is 10.1. The number of carboxylic acid groups (broad SMARTS) is 1. The van der Waals surface area contributed by atoms with Crippen LogP contribution in [0.1, 0.15) is 11.1 Å². The van der Waals surface area contributed by atoms with Crippen LogP contribution < -0.4 is 9.47 Å². The number of hydrogen-bond acceptors (Lipinski definition) is 4. The van der Waals surface area contributed by atoms with Crippen LogP contribution >= 0.6 is 22.6 Å². The maximum atomic E-state index is 10.8. The van der Waals surface area contributed by atoms with Gasteiger partial charge in [-0.15, -0.1) is 6.58 Å². The summed E-state index contributed by atoms with van der Waals surface area (Å²) in [5, 5.41) is 8.84. The topological polar surface area (TPSA) is 68.1 Å². The Kier molecular flexibility index (Phi) is 7.00. The smallest absolute Gasteiger partial charge is 0.341 e. The number of para-hydroxylation sites is 1. The Morgan fingerprint density at radius 1 is 1.36 bits per heavy atom. The summed E-state index contributed by atoms with van der Waals surface area (Å²) in [7, 11) is 1.52. The molecule has 0 spiro atoms. The third-order valence-electron chi connectivity index (χ3n) is 3.28. The number of aliphatic carboxylic acids is 1. The van der Waals surface area contributed by atoms with Crippen LogP contribution in [0, 0.1) is 3.57 Å². The zero-order chi connectivity index (χ0) is 18.2. The standard InChI is InChI=1S/C19H18INO4/c1-3-6-14-9-13(11-21-16-8-5-4-7-15(16)20)10-17(24-2)19(14)25-12-18(22)23/h3-5,7-11H,1,6,12H2,2H3,(H,22,23). The molecule has 0 saturated carbocycles. The van der Waals surface area contributed by atoms with Crippen LogP contribution in [0.2, 0.25) is 0 Å². The van der Waals surface area contributed by atoms with Crippen molar-refractivity contribution in [2.45, 2.75) is 6.42 Å².